The van der Waals surface area contributed by atoms with Gasteiger partial charge in [0.2, 0.25) is 0 Å². The Kier molecular flexibility index (Phi) is 68.0. The molecule has 474 valence electrons. The van der Waals surface area contributed by atoms with Crippen LogP contribution in [0.2, 0.25) is 0 Å². The van der Waals surface area contributed by atoms with Crippen LogP contribution in [0.25, 0.3) is 0 Å². The molecule has 1 unspecified atom stereocenters. The molecule has 0 amide bonds. The highest BCUT2D eigenvalue weighted by molar-refractivity contribution is 5.71. The molecule has 0 fully saturated rings. The molecule has 0 aromatic carbocycles. The van der Waals surface area contributed by atoms with Crippen LogP contribution in [0.15, 0.2) is 12.2 Å². The maximum atomic E-state index is 12.9. The Morgan fingerprint density at radius 3 is 0.675 bits per heavy atom. The molecule has 0 radical (unpaired) electrons. The van der Waals surface area contributed by atoms with Gasteiger partial charge in [-0.2, -0.15) is 0 Å². The molecule has 0 aliphatic heterocycles. The lowest BCUT2D eigenvalue weighted by atomic mass is 10.0. The summed E-state index contributed by atoms with van der Waals surface area (Å²) in [5, 5.41) is 0. The molecule has 0 aromatic rings. The van der Waals surface area contributed by atoms with Crippen LogP contribution in [0, 0.1) is 0 Å². The highest BCUT2D eigenvalue weighted by Crippen LogP contribution is 2.20. The lowest BCUT2D eigenvalue weighted by Gasteiger charge is -2.18. The van der Waals surface area contributed by atoms with Gasteiger partial charge in [0.25, 0.3) is 0 Å². The molecule has 0 saturated carbocycles. The first-order valence-corrected chi connectivity index (χ1v) is 36.7. The summed E-state index contributed by atoms with van der Waals surface area (Å²) in [4.78, 5) is 38.3. The van der Waals surface area contributed by atoms with E-state index in [2.05, 4.69) is 32.9 Å². The zero-order chi connectivity index (χ0) is 57.8. The zero-order valence-corrected chi connectivity index (χ0v) is 54.6. The molecule has 0 aromatic heterocycles. The second-order valence-electron chi connectivity index (χ2n) is 25.2. The lowest BCUT2D eigenvalue weighted by Crippen LogP contribution is -2.30. The number of hydrogen-bond donors (Lipinski definition) is 0. The molecule has 0 aliphatic rings. The maximum absolute atomic E-state index is 12.9. The van der Waals surface area contributed by atoms with Gasteiger partial charge in [-0.05, 0) is 38.5 Å². The van der Waals surface area contributed by atoms with Crippen molar-refractivity contribution in [2.45, 2.75) is 431 Å². The van der Waals surface area contributed by atoms with E-state index in [9.17, 15) is 14.4 Å². The number of carbonyl (C=O) groups is 3. The van der Waals surface area contributed by atoms with Gasteiger partial charge in [-0.1, -0.05) is 380 Å². The van der Waals surface area contributed by atoms with Crippen molar-refractivity contribution in [3.8, 4) is 0 Å². The van der Waals surface area contributed by atoms with Gasteiger partial charge in [-0.25, -0.2) is 0 Å². The Morgan fingerprint density at radius 1 is 0.237 bits per heavy atom. The third-order valence-corrected chi connectivity index (χ3v) is 17.0. The van der Waals surface area contributed by atoms with E-state index in [1.807, 2.05) is 0 Å². The molecule has 0 bridgehead atoms. The normalized spacial score (nSPS) is 12.0. The van der Waals surface area contributed by atoms with E-state index in [0.29, 0.717) is 19.3 Å². The Bertz CT molecular complexity index is 1250. The van der Waals surface area contributed by atoms with Crippen LogP contribution in [-0.4, -0.2) is 37.2 Å². The minimum atomic E-state index is -0.769. The Hall–Kier alpha value is -1.85. The number of hydrogen-bond acceptors (Lipinski definition) is 6. The average molecular weight is 1130 g/mol. The van der Waals surface area contributed by atoms with Crippen molar-refractivity contribution >= 4 is 17.9 Å². The van der Waals surface area contributed by atoms with Crippen LogP contribution in [0.3, 0.4) is 0 Å². The molecule has 1 atom stereocenters. The summed E-state index contributed by atoms with van der Waals surface area (Å²) in [6.45, 7) is 6.67. The molecular weight excluding hydrogens is 985 g/mol. The largest absolute Gasteiger partial charge is 0.462 e. The second-order valence-corrected chi connectivity index (χ2v) is 25.2. The first-order valence-electron chi connectivity index (χ1n) is 36.7. The number of allylic oxidation sites excluding steroid dienone is 2. The quantitative estimate of drug-likeness (QED) is 0.0261. The third-order valence-electron chi connectivity index (χ3n) is 17.0. The molecule has 0 aliphatic carbocycles. The van der Waals surface area contributed by atoms with Crippen molar-refractivity contribution in [1.29, 1.82) is 0 Å². The van der Waals surface area contributed by atoms with Crippen LogP contribution in [0.5, 0.6) is 0 Å². The summed E-state index contributed by atoms with van der Waals surface area (Å²) in [5.41, 5.74) is 0. The van der Waals surface area contributed by atoms with Crippen molar-refractivity contribution in [2.75, 3.05) is 13.2 Å². The predicted octanol–water partition coefficient (Wildman–Crippen LogP) is 25.2. The minimum Gasteiger partial charge on any atom is -0.462 e. The van der Waals surface area contributed by atoms with Crippen LogP contribution in [-0.2, 0) is 28.6 Å². The molecule has 80 heavy (non-hydrogen) atoms. The third kappa shape index (κ3) is 66.9. The second kappa shape index (κ2) is 69.6. The summed E-state index contributed by atoms with van der Waals surface area (Å²) in [6, 6.07) is 0. The van der Waals surface area contributed by atoms with Gasteiger partial charge in [0.15, 0.2) is 6.10 Å². The van der Waals surface area contributed by atoms with Crippen LogP contribution in [0.4, 0.5) is 0 Å². The number of ether oxygens (including phenoxy) is 3. The lowest BCUT2D eigenvalue weighted by molar-refractivity contribution is -0.167. The minimum absolute atomic E-state index is 0.0659. The van der Waals surface area contributed by atoms with E-state index in [0.717, 1.165) is 70.6 Å². The summed E-state index contributed by atoms with van der Waals surface area (Å²) >= 11 is 0. The summed E-state index contributed by atoms with van der Waals surface area (Å²) < 4.78 is 17.0. The maximum Gasteiger partial charge on any atom is 0.306 e. The SMILES string of the molecule is CCC/C=C\CCCCCCCC(=O)OCC(COC(=O)CCCCCCCCCCCCCCCCCCCCCCCCCCCCC)OC(=O)CCCCCCCCCCCCCCCCCCCCCCCCCCC. The molecular formula is C74H142O6. The zero-order valence-electron chi connectivity index (χ0n) is 54.6. The standard InChI is InChI=1S/C74H142O6/c1-4-7-10-13-16-19-22-24-26-28-30-32-34-36-37-39-40-42-44-46-48-50-52-55-58-61-64-67-73(76)79-70-71(69-78-72(75)66-63-60-57-54-21-18-15-12-9-6-3)80-74(77)68-65-62-59-56-53-51-49-47-45-43-41-38-35-33-31-29-27-25-23-20-17-14-11-8-5-2/h12,15,71H,4-11,13-14,16-70H2,1-3H3/b15-12-. The van der Waals surface area contributed by atoms with E-state index in [4.69, 9.17) is 14.2 Å². The fourth-order valence-electron chi connectivity index (χ4n) is 11.5. The van der Waals surface area contributed by atoms with Crippen LogP contribution in [0.1, 0.15) is 425 Å². The van der Waals surface area contributed by atoms with Gasteiger partial charge in [0.1, 0.15) is 13.2 Å². The fraction of sp³-hybridized carbons (Fsp3) is 0.932. The van der Waals surface area contributed by atoms with E-state index in [1.54, 1.807) is 0 Å². The summed E-state index contributed by atoms with van der Waals surface area (Å²) in [5.74, 6) is -0.842. The average Bonchev–Trinajstić information content (AvgIpc) is 3.46. The molecule has 0 N–H and O–H groups in total. The molecule has 0 saturated heterocycles. The van der Waals surface area contributed by atoms with Gasteiger partial charge >= 0.3 is 17.9 Å². The van der Waals surface area contributed by atoms with E-state index < -0.39 is 6.10 Å². The van der Waals surface area contributed by atoms with Gasteiger partial charge in [0.05, 0.1) is 0 Å². The van der Waals surface area contributed by atoms with Crippen molar-refractivity contribution in [3.05, 3.63) is 12.2 Å². The van der Waals surface area contributed by atoms with Gasteiger partial charge in [0, 0.05) is 19.3 Å². The Labute approximate surface area is 501 Å². The summed E-state index contributed by atoms with van der Waals surface area (Å²) in [6.07, 6.45) is 84.2. The number of esters is 3. The van der Waals surface area contributed by atoms with E-state index in [-0.39, 0.29) is 31.1 Å². The molecule has 0 heterocycles. The molecule has 0 rings (SSSR count). The molecule has 0 spiro atoms. The van der Waals surface area contributed by atoms with Crippen LogP contribution < -0.4 is 0 Å². The van der Waals surface area contributed by atoms with Gasteiger partial charge < -0.3 is 14.2 Å². The molecule has 6 heteroatoms. The topological polar surface area (TPSA) is 78.9 Å². The Morgan fingerprint density at radius 2 is 0.438 bits per heavy atom. The number of rotatable bonds is 69. The van der Waals surface area contributed by atoms with Crippen LogP contribution >= 0.6 is 0 Å². The first kappa shape index (κ1) is 78.1. The fourth-order valence-corrected chi connectivity index (χ4v) is 11.5. The first-order chi connectivity index (χ1) is 39.5. The Balaban J connectivity index is 4.09. The van der Waals surface area contributed by atoms with Crippen molar-refractivity contribution in [1.82, 2.24) is 0 Å². The van der Waals surface area contributed by atoms with E-state index >= 15 is 0 Å². The van der Waals surface area contributed by atoms with Gasteiger partial charge in [-0.15, -0.1) is 0 Å². The number of carbonyl (C=O) groups excluding carboxylic acids is 3. The number of unbranched alkanes of at least 4 members (excludes halogenated alkanes) is 56. The van der Waals surface area contributed by atoms with Crippen molar-refractivity contribution in [3.63, 3.8) is 0 Å². The summed E-state index contributed by atoms with van der Waals surface area (Å²) in [7, 11) is 0. The highest BCUT2D eigenvalue weighted by Gasteiger charge is 2.20. The van der Waals surface area contributed by atoms with Crippen molar-refractivity contribution < 1.29 is 28.6 Å². The van der Waals surface area contributed by atoms with Gasteiger partial charge in [-0.3, -0.25) is 14.4 Å². The smallest absolute Gasteiger partial charge is 0.306 e. The highest BCUT2D eigenvalue weighted by atomic mass is 16.6. The molecule has 6 nitrogen and oxygen atoms in total. The monoisotopic (exact) mass is 1130 g/mol. The van der Waals surface area contributed by atoms with Crippen molar-refractivity contribution in [2.24, 2.45) is 0 Å². The van der Waals surface area contributed by atoms with E-state index in [1.165, 1.54) is 315 Å². The predicted molar refractivity (Wildman–Crippen MR) is 349 cm³/mol.